The lowest BCUT2D eigenvalue weighted by Crippen LogP contribution is -2.36. The summed E-state index contributed by atoms with van der Waals surface area (Å²) in [6.45, 7) is 3.31. The first kappa shape index (κ1) is 18.5. The van der Waals surface area contributed by atoms with Gasteiger partial charge in [-0.2, -0.15) is 5.10 Å². The van der Waals surface area contributed by atoms with Crippen LogP contribution < -0.4 is 15.4 Å². The molecule has 0 saturated heterocycles. The van der Waals surface area contributed by atoms with E-state index in [1.807, 2.05) is 60.3 Å². The normalized spacial score (nSPS) is 11.3. The Labute approximate surface area is 159 Å². The summed E-state index contributed by atoms with van der Waals surface area (Å²) in [7, 11) is 3.68. The minimum Gasteiger partial charge on any atom is -0.457 e. The first-order chi connectivity index (χ1) is 13.2. The number of benzene rings is 2. The van der Waals surface area contributed by atoms with Gasteiger partial charge in [0.1, 0.15) is 11.5 Å². The van der Waals surface area contributed by atoms with E-state index in [-0.39, 0.29) is 0 Å². The van der Waals surface area contributed by atoms with Crippen molar-refractivity contribution in [2.75, 3.05) is 7.05 Å². The Morgan fingerprint density at radius 1 is 1.07 bits per heavy atom. The summed E-state index contributed by atoms with van der Waals surface area (Å²) in [5, 5.41) is 10.8. The first-order valence-corrected chi connectivity index (χ1v) is 8.89. The number of guanidine groups is 1. The fourth-order valence-corrected chi connectivity index (χ4v) is 2.70. The minimum absolute atomic E-state index is 0.604. The van der Waals surface area contributed by atoms with Crippen LogP contribution in [0, 0.1) is 6.92 Å². The van der Waals surface area contributed by atoms with Gasteiger partial charge in [-0.05, 0) is 36.8 Å². The number of hydrogen-bond acceptors (Lipinski definition) is 3. The number of nitrogens with zero attached hydrogens (tertiary/aromatic N) is 3. The van der Waals surface area contributed by atoms with Crippen LogP contribution in [-0.2, 0) is 20.1 Å². The van der Waals surface area contributed by atoms with E-state index in [9.17, 15) is 0 Å². The van der Waals surface area contributed by atoms with Crippen LogP contribution >= 0.6 is 0 Å². The lowest BCUT2D eigenvalue weighted by molar-refractivity contribution is 0.475. The summed E-state index contributed by atoms with van der Waals surface area (Å²) >= 11 is 0. The maximum absolute atomic E-state index is 6.08. The number of nitrogens with one attached hydrogen (secondary N) is 2. The molecular weight excluding hydrogens is 338 g/mol. The first-order valence-electron chi connectivity index (χ1n) is 8.89. The Morgan fingerprint density at radius 2 is 1.89 bits per heavy atom. The largest absolute Gasteiger partial charge is 0.457 e. The minimum atomic E-state index is 0.604. The van der Waals surface area contributed by atoms with Gasteiger partial charge in [-0.3, -0.25) is 9.67 Å². The average molecular weight is 363 g/mol. The Balaban J connectivity index is 1.62. The highest BCUT2D eigenvalue weighted by atomic mass is 16.5. The summed E-state index contributed by atoms with van der Waals surface area (Å²) in [6.07, 6.45) is 1.78. The topological polar surface area (TPSA) is 63.5 Å². The van der Waals surface area contributed by atoms with Gasteiger partial charge < -0.3 is 15.4 Å². The van der Waals surface area contributed by atoms with Crippen LogP contribution in [0.2, 0.25) is 0 Å². The Bertz CT molecular complexity index is 916. The summed E-state index contributed by atoms with van der Waals surface area (Å²) in [5.41, 5.74) is 3.31. The van der Waals surface area contributed by atoms with E-state index >= 15 is 0 Å². The summed E-state index contributed by atoms with van der Waals surface area (Å²) in [4.78, 5) is 4.28. The molecule has 0 bridgehead atoms. The zero-order valence-electron chi connectivity index (χ0n) is 15.9. The predicted octanol–water partition coefficient (Wildman–Crippen LogP) is 3.39. The molecular formula is C21H25N5O. The second-order valence-electron chi connectivity index (χ2n) is 6.25. The molecule has 0 radical (unpaired) electrons. The van der Waals surface area contributed by atoms with Gasteiger partial charge in [0.15, 0.2) is 5.96 Å². The molecule has 0 saturated carbocycles. The third-order valence-corrected chi connectivity index (χ3v) is 4.22. The smallest absolute Gasteiger partial charge is 0.191 e. The lowest BCUT2D eigenvalue weighted by Gasteiger charge is -2.15. The van der Waals surface area contributed by atoms with E-state index in [1.165, 1.54) is 5.56 Å². The average Bonchev–Trinajstić information content (AvgIpc) is 3.08. The van der Waals surface area contributed by atoms with Crippen LogP contribution in [-0.4, -0.2) is 22.8 Å². The van der Waals surface area contributed by atoms with E-state index in [4.69, 9.17) is 4.74 Å². The van der Waals surface area contributed by atoms with E-state index in [0.717, 1.165) is 28.7 Å². The highest BCUT2D eigenvalue weighted by molar-refractivity contribution is 5.79. The zero-order valence-corrected chi connectivity index (χ0v) is 15.9. The number of aromatic nitrogens is 2. The second kappa shape index (κ2) is 8.89. The maximum Gasteiger partial charge on any atom is 0.191 e. The molecule has 2 N–H and O–H groups in total. The number of rotatable bonds is 6. The van der Waals surface area contributed by atoms with Gasteiger partial charge >= 0.3 is 0 Å². The van der Waals surface area contributed by atoms with Crippen LogP contribution in [0.25, 0.3) is 0 Å². The zero-order chi connectivity index (χ0) is 19.1. The van der Waals surface area contributed by atoms with Crippen molar-refractivity contribution in [3.05, 3.63) is 77.6 Å². The van der Waals surface area contributed by atoms with Gasteiger partial charge in [-0.15, -0.1) is 0 Å². The molecule has 6 heteroatoms. The quantitative estimate of drug-likeness (QED) is 0.521. The molecule has 6 nitrogen and oxygen atoms in total. The molecule has 0 unspecified atom stereocenters. The molecule has 0 spiro atoms. The van der Waals surface area contributed by atoms with Gasteiger partial charge in [0.2, 0.25) is 0 Å². The van der Waals surface area contributed by atoms with Crippen molar-refractivity contribution in [2.24, 2.45) is 12.0 Å². The van der Waals surface area contributed by atoms with Crippen molar-refractivity contribution >= 4 is 5.96 Å². The number of ether oxygens (including phenoxy) is 1. The maximum atomic E-state index is 6.08. The Morgan fingerprint density at radius 3 is 2.63 bits per heavy atom. The third kappa shape index (κ3) is 5.10. The van der Waals surface area contributed by atoms with Crippen LogP contribution in [0.3, 0.4) is 0 Å². The van der Waals surface area contributed by atoms with Gasteiger partial charge in [-0.1, -0.05) is 30.3 Å². The molecule has 0 fully saturated rings. The number of para-hydroxylation sites is 1. The number of aliphatic imine (C=N–C) groups is 1. The van der Waals surface area contributed by atoms with Crippen LogP contribution in [0.1, 0.15) is 16.8 Å². The molecule has 3 rings (SSSR count). The van der Waals surface area contributed by atoms with Crippen molar-refractivity contribution in [1.29, 1.82) is 0 Å². The molecule has 1 aromatic heterocycles. The van der Waals surface area contributed by atoms with Crippen LogP contribution in [0.4, 0.5) is 0 Å². The fourth-order valence-electron chi connectivity index (χ4n) is 2.70. The van der Waals surface area contributed by atoms with Crippen molar-refractivity contribution in [3.63, 3.8) is 0 Å². The third-order valence-electron chi connectivity index (χ3n) is 4.22. The van der Waals surface area contributed by atoms with E-state index in [1.54, 1.807) is 13.2 Å². The summed E-state index contributed by atoms with van der Waals surface area (Å²) in [6, 6.07) is 18.0. The van der Waals surface area contributed by atoms with Gasteiger partial charge in [0.05, 0.1) is 12.2 Å². The van der Waals surface area contributed by atoms with Gasteiger partial charge in [0, 0.05) is 32.4 Å². The van der Waals surface area contributed by atoms with E-state index < -0.39 is 0 Å². The predicted molar refractivity (Wildman–Crippen MR) is 108 cm³/mol. The highest BCUT2D eigenvalue weighted by Gasteiger charge is 2.07. The molecule has 3 aromatic rings. The van der Waals surface area contributed by atoms with Crippen molar-refractivity contribution in [2.45, 2.75) is 20.0 Å². The summed E-state index contributed by atoms with van der Waals surface area (Å²) < 4.78 is 7.92. The second-order valence-corrected chi connectivity index (χ2v) is 6.25. The lowest BCUT2D eigenvalue weighted by atomic mass is 10.2. The molecule has 0 amide bonds. The molecule has 140 valence electrons. The fraction of sp³-hybridized carbons (Fsp3) is 0.238. The Kier molecular flexibility index (Phi) is 6.10. The molecule has 27 heavy (non-hydrogen) atoms. The molecule has 0 aliphatic rings. The molecule has 2 aromatic carbocycles. The van der Waals surface area contributed by atoms with E-state index in [0.29, 0.717) is 13.1 Å². The van der Waals surface area contributed by atoms with Crippen LogP contribution in [0.15, 0.2) is 65.8 Å². The van der Waals surface area contributed by atoms with Crippen LogP contribution in [0.5, 0.6) is 11.5 Å². The van der Waals surface area contributed by atoms with Crippen molar-refractivity contribution in [1.82, 2.24) is 20.4 Å². The van der Waals surface area contributed by atoms with E-state index in [2.05, 4.69) is 33.7 Å². The molecule has 0 aliphatic carbocycles. The number of aryl methyl sites for hydroxylation is 2. The monoisotopic (exact) mass is 363 g/mol. The molecule has 0 atom stereocenters. The molecule has 0 aliphatic heterocycles. The summed E-state index contributed by atoms with van der Waals surface area (Å²) in [5.74, 6) is 2.39. The van der Waals surface area contributed by atoms with Gasteiger partial charge in [-0.25, -0.2) is 0 Å². The van der Waals surface area contributed by atoms with Crippen molar-refractivity contribution in [3.8, 4) is 11.5 Å². The van der Waals surface area contributed by atoms with Crippen molar-refractivity contribution < 1.29 is 4.74 Å². The SMILES string of the molecule is CN=C(NCc1ccccc1Oc1cccc(C)c1)NCc1ccnn1C. The Hall–Kier alpha value is -3.28. The molecule has 1 heterocycles. The number of hydrogen-bond donors (Lipinski definition) is 2. The van der Waals surface area contributed by atoms with Gasteiger partial charge in [0.25, 0.3) is 0 Å². The standard InChI is InChI=1S/C21H25N5O/c1-16-7-6-9-19(13-16)27-20-10-5-4-8-17(20)14-23-21(22-2)24-15-18-11-12-25-26(18)3/h4-13H,14-15H2,1-3H3,(H2,22,23,24). The highest BCUT2D eigenvalue weighted by Crippen LogP contribution is 2.25.